The molecule has 0 saturated carbocycles. The summed E-state index contributed by atoms with van der Waals surface area (Å²) in [5.74, 6) is 0.902. The summed E-state index contributed by atoms with van der Waals surface area (Å²) in [5.41, 5.74) is 1.22. The van der Waals surface area contributed by atoms with Gasteiger partial charge in [-0.3, -0.25) is 0 Å². The molecule has 2 aliphatic rings. The molecule has 3 rings (SSSR count). The first kappa shape index (κ1) is 12.2. The van der Waals surface area contributed by atoms with E-state index < -0.39 is 0 Å². The van der Waals surface area contributed by atoms with E-state index in [0.717, 1.165) is 23.3 Å². The third-order valence-electron chi connectivity index (χ3n) is 3.51. The van der Waals surface area contributed by atoms with E-state index in [1.807, 2.05) is 12.1 Å². The Hall–Kier alpha value is -0.870. The van der Waals surface area contributed by atoms with Crippen molar-refractivity contribution in [3.8, 4) is 0 Å². The lowest BCUT2D eigenvalue weighted by molar-refractivity contribution is 0.293. The zero-order chi connectivity index (χ0) is 12.4. The SMILES string of the molecule is Brc1cccc(C2COC(C3CCCCN3)=N2)c1. The van der Waals surface area contributed by atoms with Crippen molar-refractivity contribution in [3.63, 3.8) is 0 Å². The minimum absolute atomic E-state index is 0.154. The van der Waals surface area contributed by atoms with Crippen LogP contribution in [0.15, 0.2) is 33.7 Å². The first-order valence-electron chi connectivity index (χ1n) is 6.52. The van der Waals surface area contributed by atoms with Crippen LogP contribution in [0, 0.1) is 0 Å². The molecule has 1 saturated heterocycles. The van der Waals surface area contributed by atoms with Crippen molar-refractivity contribution in [1.29, 1.82) is 0 Å². The number of rotatable bonds is 2. The highest BCUT2D eigenvalue weighted by molar-refractivity contribution is 9.10. The van der Waals surface area contributed by atoms with Crippen molar-refractivity contribution < 1.29 is 4.74 Å². The van der Waals surface area contributed by atoms with Crippen molar-refractivity contribution in [3.05, 3.63) is 34.3 Å². The summed E-state index contributed by atoms with van der Waals surface area (Å²) in [4.78, 5) is 4.73. The quantitative estimate of drug-likeness (QED) is 0.911. The van der Waals surface area contributed by atoms with Crippen LogP contribution in [0.25, 0.3) is 0 Å². The highest BCUT2D eigenvalue weighted by atomic mass is 79.9. The van der Waals surface area contributed by atoms with Crippen molar-refractivity contribution in [2.75, 3.05) is 13.2 Å². The fraction of sp³-hybridized carbons (Fsp3) is 0.500. The minimum Gasteiger partial charge on any atom is -0.477 e. The Morgan fingerprint density at radius 2 is 2.28 bits per heavy atom. The monoisotopic (exact) mass is 308 g/mol. The van der Waals surface area contributed by atoms with Gasteiger partial charge in [-0.15, -0.1) is 0 Å². The summed E-state index contributed by atoms with van der Waals surface area (Å²) in [6.07, 6.45) is 3.67. The molecule has 0 amide bonds. The van der Waals surface area contributed by atoms with Crippen molar-refractivity contribution in [2.24, 2.45) is 4.99 Å². The van der Waals surface area contributed by atoms with Gasteiger partial charge in [0.1, 0.15) is 12.6 Å². The maximum Gasteiger partial charge on any atom is 0.201 e. The van der Waals surface area contributed by atoms with Crippen molar-refractivity contribution >= 4 is 21.8 Å². The number of ether oxygens (including phenoxy) is 1. The van der Waals surface area contributed by atoms with E-state index in [9.17, 15) is 0 Å². The molecule has 0 aromatic heterocycles. The molecule has 1 aromatic rings. The Morgan fingerprint density at radius 3 is 3.06 bits per heavy atom. The number of nitrogens with one attached hydrogen (secondary N) is 1. The maximum absolute atomic E-state index is 5.77. The van der Waals surface area contributed by atoms with Gasteiger partial charge in [0.2, 0.25) is 5.90 Å². The molecule has 0 spiro atoms. The number of nitrogens with zero attached hydrogens (tertiary/aromatic N) is 1. The molecule has 2 atom stereocenters. The fourth-order valence-electron chi connectivity index (χ4n) is 2.53. The van der Waals surface area contributed by atoms with Gasteiger partial charge in [-0.25, -0.2) is 4.99 Å². The van der Waals surface area contributed by atoms with Crippen LogP contribution in [0.3, 0.4) is 0 Å². The second-order valence-electron chi connectivity index (χ2n) is 4.85. The molecule has 3 nitrogen and oxygen atoms in total. The Balaban J connectivity index is 1.74. The summed E-state index contributed by atoms with van der Waals surface area (Å²) in [6, 6.07) is 8.80. The third kappa shape index (κ3) is 2.59. The lowest BCUT2D eigenvalue weighted by Gasteiger charge is -2.22. The van der Waals surface area contributed by atoms with Crippen LogP contribution >= 0.6 is 15.9 Å². The average Bonchev–Trinajstić information content (AvgIpc) is 2.89. The van der Waals surface area contributed by atoms with E-state index in [4.69, 9.17) is 9.73 Å². The van der Waals surface area contributed by atoms with Gasteiger partial charge in [-0.2, -0.15) is 0 Å². The van der Waals surface area contributed by atoms with Crippen LogP contribution in [-0.4, -0.2) is 25.1 Å². The number of halogens is 1. The van der Waals surface area contributed by atoms with Crippen LogP contribution in [0.1, 0.15) is 30.9 Å². The Kier molecular flexibility index (Phi) is 3.66. The summed E-state index contributed by atoms with van der Waals surface area (Å²) >= 11 is 3.50. The van der Waals surface area contributed by atoms with E-state index in [2.05, 4.69) is 33.4 Å². The number of aliphatic imine (C=N–C) groups is 1. The third-order valence-corrected chi connectivity index (χ3v) is 4.01. The molecule has 96 valence electrons. The molecule has 1 fully saturated rings. The largest absolute Gasteiger partial charge is 0.477 e. The molecule has 1 N–H and O–H groups in total. The Morgan fingerprint density at radius 1 is 1.33 bits per heavy atom. The molecule has 4 heteroatoms. The Bertz CT molecular complexity index is 455. The zero-order valence-corrected chi connectivity index (χ0v) is 11.8. The molecule has 2 unspecified atom stereocenters. The maximum atomic E-state index is 5.77. The van der Waals surface area contributed by atoms with Gasteiger partial charge >= 0.3 is 0 Å². The first-order valence-corrected chi connectivity index (χ1v) is 7.31. The highest BCUT2D eigenvalue weighted by Gasteiger charge is 2.27. The van der Waals surface area contributed by atoms with Crippen molar-refractivity contribution in [1.82, 2.24) is 5.32 Å². The topological polar surface area (TPSA) is 33.6 Å². The van der Waals surface area contributed by atoms with E-state index in [1.165, 1.54) is 18.4 Å². The van der Waals surface area contributed by atoms with Gasteiger partial charge in [0.15, 0.2) is 0 Å². The van der Waals surface area contributed by atoms with Gasteiger partial charge < -0.3 is 10.1 Å². The van der Waals surface area contributed by atoms with E-state index in [-0.39, 0.29) is 6.04 Å². The zero-order valence-electron chi connectivity index (χ0n) is 10.2. The summed E-state index contributed by atoms with van der Waals surface area (Å²) < 4.78 is 6.87. The molecule has 0 aliphatic carbocycles. The standard InChI is InChI=1S/C14H17BrN2O/c15-11-5-3-4-10(8-11)13-9-18-14(17-13)12-6-1-2-7-16-12/h3-5,8,12-13,16H,1-2,6-7,9H2. The van der Waals surface area contributed by atoms with Gasteiger partial charge in [-0.05, 0) is 37.1 Å². The van der Waals surface area contributed by atoms with Crippen LogP contribution < -0.4 is 5.32 Å². The second-order valence-corrected chi connectivity index (χ2v) is 5.77. The molecule has 2 heterocycles. The molecule has 18 heavy (non-hydrogen) atoms. The van der Waals surface area contributed by atoms with E-state index >= 15 is 0 Å². The van der Waals surface area contributed by atoms with Gasteiger partial charge in [0.25, 0.3) is 0 Å². The van der Waals surface area contributed by atoms with Gasteiger partial charge in [0.05, 0.1) is 6.04 Å². The fourth-order valence-corrected chi connectivity index (χ4v) is 2.95. The van der Waals surface area contributed by atoms with Crippen LogP contribution in [-0.2, 0) is 4.74 Å². The summed E-state index contributed by atoms with van der Waals surface area (Å²) in [6.45, 7) is 1.75. The van der Waals surface area contributed by atoms with Crippen molar-refractivity contribution in [2.45, 2.75) is 31.3 Å². The van der Waals surface area contributed by atoms with E-state index in [1.54, 1.807) is 0 Å². The van der Waals surface area contributed by atoms with E-state index in [0.29, 0.717) is 12.6 Å². The highest BCUT2D eigenvalue weighted by Crippen LogP contribution is 2.27. The van der Waals surface area contributed by atoms with Gasteiger partial charge in [0, 0.05) is 4.47 Å². The number of benzene rings is 1. The molecular formula is C14H17BrN2O. The van der Waals surface area contributed by atoms with Crippen LogP contribution in [0.2, 0.25) is 0 Å². The predicted molar refractivity (Wildman–Crippen MR) is 75.9 cm³/mol. The lowest BCUT2D eigenvalue weighted by atomic mass is 10.1. The second kappa shape index (κ2) is 5.41. The van der Waals surface area contributed by atoms with Crippen LogP contribution in [0.4, 0.5) is 0 Å². The molecular weight excluding hydrogens is 292 g/mol. The molecule has 2 aliphatic heterocycles. The van der Waals surface area contributed by atoms with Crippen LogP contribution in [0.5, 0.6) is 0 Å². The number of piperidine rings is 1. The smallest absolute Gasteiger partial charge is 0.201 e. The Labute approximate surface area is 116 Å². The molecule has 1 aromatic carbocycles. The number of hydrogen-bond acceptors (Lipinski definition) is 3. The molecule has 0 radical (unpaired) electrons. The molecule has 0 bridgehead atoms. The predicted octanol–water partition coefficient (Wildman–Crippen LogP) is 3.06. The minimum atomic E-state index is 0.154. The number of hydrogen-bond donors (Lipinski definition) is 1. The average molecular weight is 309 g/mol. The normalized spacial score (nSPS) is 27.7. The lowest BCUT2D eigenvalue weighted by Crippen LogP contribution is -2.40. The van der Waals surface area contributed by atoms with Gasteiger partial charge in [-0.1, -0.05) is 34.5 Å². The first-order chi connectivity index (χ1) is 8.83. The summed E-state index contributed by atoms with van der Waals surface area (Å²) in [7, 11) is 0. The summed E-state index contributed by atoms with van der Waals surface area (Å²) in [5, 5.41) is 3.48.